The molecule has 0 saturated heterocycles. The van der Waals surface area contributed by atoms with Gasteiger partial charge in [-0.3, -0.25) is 14.9 Å². The molecule has 166 valence electrons. The lowest BCUT2D eigenvalue weighted by Gasteiger charge is -2.12. The number of nitrogens with one attached hydrogen (secondary N) is 1. The summed E-state index contributed by atoms with van der Waals surface area (Å²) in [6.45, 7) is 5.85. The van der Waals surface area contributed by atoms with Gasteiger partial charge in [0.1, 0.15) is 15.6 Å². The lowest BCUT2D eigenvalue weighted by molar-refractivity contribution is -0.384. The van der Waals surface area contributed by atoms with Crippen LogP contribution in [-0.4, -0.2) is 33.4 Å². The number of non-ortho nitro benzene ring substituents is 1. The zero-order valence-electron chi connectivity index (χ0n) is 17.7. The monoisotopic (exact) mass is 471 g/mol. The maximum atomic E-state index is 12.7. The number of aromatic nitrogens is 1. The van der Waals surface area contributed by atoms with E-state index in [0.29, 0.717) is 10.0 Å². The number of carbonyl (C=O) groups excluding carboxylic acids is 2. The average Bonchev–Trinajstić information content (AvgIpc) is 3.17. The molecule has 0 aliphatic rings. The summed E-state index contributed by atoms with van der Waals surface area (Å²) in [6, 6.07) is 11.4. The minimum atomic E-state index is -0.547. The van der Waals surface area contributed by atoms with E-state index in [1.165, 1.54) is 24.3 Å². The van der Waals surface area contributed by atoms with E-state index in [0.717, 1.165) is 40.1 Å². The Morgan fingerprint density at radius 2 is 1.88 bits per heavy atom. The molecule has 1 aromatic heterocycles. The Balaban J connectivity index is 1.85. The third-order valence-electron chi connectivity index (χ3n) is 4.58. The van der Waals surface area contributed by atoms with Crippen LogP contribution in [-0.2, 0) is 4.74 Å². The summed E-state index contributed by atoms with van der Waals surface area (Å²) >= 11 is 2.21. The number of rotatable bonds is 9. The van der Waals surface area contributed by atoms with Crippen molar-refractivity contribution in [3.8, 4) is 0 Å². The van der Waals surface area contributed by atoms with Crippen LogP contribution in [0.2, 0.25) is 0 Å². The molecule has 0 spiro atoms. The van der Waals surface area contributed by atoms with Crippen LogP contribution < -0.4 is 5.32 Å². The van der Waals surface area contributed by atoms with Crippen molar-refractivity contribution in [3.05, 3.63) is 74.8 Å². The third-order valence-corrected chi connectivity index (χ3v) is 6.43. The van der Waals surface area contributed by atoms with Crippen molar-refractivity contribution in [2.45, 2.75) is 25.8 Å². The third kappa shape index (κ3) is 5.32. The van der Waals surface area contributed by atoms with Crippen molar-refractivity contribution in [1.82, 2.24) is 4.37 Å². The van der Waals surface area contributed by atoms with Gasteiger partial charge in [0.25, 0.3) is 5.69 Å². The number of para-hydroxylation sites is 1. The van der Waals surface area contributed by atoms with Crippen LogP contribution in [0.1, 0.15) is 38.8 Å². The summed E-state index contributed by atoms with van der Waals surface area (Å²) in [6.07, 6.45) is 0. The highest BCUT2D eigenvalue weighted by Crippen LogP contribution is 2.36. The number of anilines is 2. The molecule has 0 amide bonds. The van der Waals surface area contributed by atoms with E-state index in [1.807, 2.05) is 32.0 Å². The first-order chi connectivity index (χ1) is 15.3. The van der Waals surface area contributed by atoms with Gasteiger partial charge in [-0.1, -0.05) is 42.1 Å². The molecule has 0 fully saturated rings. The van der Waals surface area contributed by atoms with Crippen LogP contribution in [0.25, 0.3) is 0 Å². The number of nitro benzene ring substituents is 1. The molecule has 10 heteroatoms. The predicted molar refractivity (Wildman–Crippen MR) is 125 cm³/mol. The van der Waals surface area contributed by atoms with Gasteiger partial charge in [-0.05, 0) is 43.4 Å². The molecule has 0 saturated carbocycles. The Bertz CT molecular complexity index is 1160. The Labute approximate surface area is 193 Å². The molecule has 1 heterocycles. The SMILES string of the molecule is CCOC(=O)c1c(SCC(=O)c2cccc([N+](=O)[O-])c2)nsc1Nc1c(C)cccc1C. The number of ketones is 1. The smallest absolute Gasteiger partial charge is 0.343 e. The second-order valence-electron chi connectivity index (χ2n) is 6.82. The number of nitrogens with zero attached hydrogens (tertiary/aromatic N) is 2. The number of nitro groups is 1. The highest BCUT2D eigenvalue weighted by atomic mass is 32.2. The van der Waals surface area contributed by atoms with E-state index in [-0.39, 0.29) is 35.0 Å². The van der Waals surface area contributed by atoms with E-state index >= 15 is 0 Å². The van der Waals surface area contributed by atoms with Gasteiger partial charge in [-0.2, -0.15) is 4.37 Å². The summed E-state index contributed by atoms with van der Waals surface area (Å²) in [5.41, 5.74) is 3.27. The van der Waals surface area contributed by atoms with Crippen molar-refractivity contribution in [3.63, 3.8) is 0 Å². The number of carbonyl (C=O) groups is 2. The van der Waals surface area contributed by atoms with Crippen LogP contribution in [0.5, 0.6) is 0 Å². The fourth-order valence-electron chi connectivity index (χ4n) is 2.98. The fourth-order valence-corrected chi connectivity index (χ4v) is 4.81. The number of ether oxygens (including phenoxy) is 1. The quantitative estimate of drug-likeness (QED) is 0.142. The van der Waals surface area contributed by atoms with Crippen molar-refractivity contribution >= 4 is 51.4 Å². The van der Waals surface area contributed by atoms with Crippen LogP contribution in [0.3, 0.4) is 0 Å². The predicted octanol–water partition coefficient (Wildman–Crippen LogP) is 5.56. The van der Waals surface area contributed by atoms with E-state index in [4.69, 9.17) is 4.74 Å². The highest BCUT2D eigenvalue weighted by Gasteiger charge is 2.24. The number of thioether (sulfide) groups is 1. The second-order valence-corrected chi connectivity index (χ2v) is 8.56. The minimum absolute atomic E-state index is 0.0276. The van der Waals surface area contributed by atoms with Crippen molar-refractivity contribution in [2.24, 2.45) is 0 Å². The first-order valence-electron chi connectivity index (χ1n) is 9.72. The molecule has 2 aromatic carbocycles. The highest BCUT2D eigenvalue weighted by molar-refractivity contribution is 8.00. The van der Waals surface area contributed by atoms with Gasteiger partial charge in [0.05, 0.1) is 17.3 Å². The van der Waals surface area contributed by atoms with E-state index in [2.05, 4.69) is 9.69 Å². The van der Waals surface area contributed by atoms with Crippen LogP contribution in [0.15, 0.2) is 47.5 Å². The molecule has 0 aliphatic carbocycles. The maximum Gasteiger partial charge on any atom is 0.343 e. The van der Waals surface area contributed by atoms with Crippen molar-refractivity contribution in [2.75, 3.05) is 17.7 Å². The van der Waals surface area contributed by atoms with Gasteiger partial charge in [-0.25, -0.2) is 4.79 Å². The number of Topliss-reactive ketones (excluding diaryl/α,β-unsaturated/α-hetero) is 1. The summed E-state index contributed by atoms with van der Waals surface area (Å²) in [4.78, 5) is 35.7. The molecule has 8 nitrogen and oxygen atoms in total. The largest absolute Gasteiger partial charge is 0.462 e. The van der Waals surface area contributed by atoms with Gasteiger partial charge < -0.3 is 10.1 Å². The van der Waals surface area contributed by atoms with Crippen LogP contribution >= 0.6 is 23.3 Å². The van der Waals surface area contributed by atoms with Gasteiger partial charge >= 0.3 is 5.97 Å². The van der Waals surface area contributed by atoms with Crippen LogP contribution in [0, 0.1) is 24.0 Å². The molecule has 0 aliphatic heterocycles. The molecular weight excluding hydrogens is 450 g/mol. The molecule has 0 atom stereocenters. The normalized spacial score (nSPS) is 10.6. The molecule has 0 bridgehead atoms. The number of esters is 1. The van der Waals surface area contributed by atoms with E-state index in [9.17, 15) is 19.7 Å². The zero-order valence-corrected chi connectivity index (χ0v) is 19.3. The topological polar surface area (TPSA) is 111 Å². The number of hydrogen-bond acceptors (Lipinski definition) is 9. The van der Waals surface area contributed by atoms with Crippen molar-refractivity contribution < 1.29 is 19.2 Å². The Morgan fingerprint density at radius 1 is 1.19 bits per heavy atom. The van der Waals surface area contributed by atoms with Gasteiger partial charge in [0.2, 0.25) is 0 Å². The first kappa shape index (κ1) is 23.4. The lowest BCUT2D eigenvalue weighted by Crippen LogP contribution is -2.09. The Kier molecular flexibility index (Phi) is 7.60. The zero-order chi connectivity index (χ0) is 23.3. The number of benzene rings is 2. The minimum Gasteiger partial charge on any atom is -0.462 e. The summed E-state index contributed by atoms with van der Waals surface area (Å²) < 4.78 is 9.58. The Hall–Kier alpha value is -3.24. The molecule has 3 rings (SSSR count). The van der Waals surface area contributed by atoms with Crippen molar-refractivity contribution in [1.29, 1.82) is 0 Å². The molecule has 32 heavy (non-hydrogen) atoms. The van der Waals surface area contributed by atoms with Crippen LogP contribution in [0.4, 0.5) is 16.4 Å². The number of hydrogen-bond donors (Lipinski definition) is 1. The molecule has 0 radical (unpaired) electrons. The second kappa shape index (κ2) is 10.4. The van der Waals surface area contributed by atoms with E-state index < -0.39 is 10.9 Å². The maximum absolute atomic E-state index is 12.7. The van der Waals surface area contributed by atoms with Gasteiger partial charge in [-0.15, -0.1) is 0 Å². The fraction of sp³-hybridized carbons (Fsp3) is 0.227. The standard InChI is InChI=1S/C22H21N3O5S2/c1-4-30-22(27)18-20(23-19-13(2)7-5-8-14(19)3)32-24-21(18)31-12-17(26)15-9-6-10-16(11-15)25(28)29/h5-11,23H,4,12H2,1-3H3. The molecule has 0 unspecified atom stereocenters. The van der Waals surface area contributed by atoms with Gasteiger partial charge in [0.15, 0.2) is 5.78 Å². The van der Waals surface area contributed by atoms with E-state index in [1.54, 1.807) is 6.92 Å². The first-order valence-corrected chi connectivity index (χ1v) is 11.5. The average molecular weight is 472 g/mol. The summed E-state index contributed by atoms with van der Waals surface area (Å²) in [7, 11) is 0. The Morgan fingerprint density at radius 3 is 2.53 bits per heavy atom. The summed E-state index contributed by atoms with van der Waals surface area (Å²) in [5.74, 6) is -0.855. The molecule has 3 aromatic rings. The molecule has 1 N–H and O–H groups in total. The summed E-state index contributed by atoms with van der Waals surface area (Å²) in [5, 5.41) is 15.2. The number of aryl methyl sites for hydroxylation is 2. The van der Waals surface area contributed by atoms with Gasteiger partial charge in [0, 0.05) is 23.4 Å². The molecular formula is C22H21N3O5S2. The lowest BCUT2D eigenvalue weighted by atomic mass is 10.1.